The van der Waals surface area contributed by atoms with Gasteiger partial charge < -0.3 is 10.4 Å². The molecule has 1 aromatic carbocycles. The largest absolute Gasteiger partial charge is 0.384 e. The molecule has 100 valence electrons. The average molecular weight is 255 g/mol. The minimum Gasteiger partial charge on any atom is -0.384 e. The van der Waals surface area contributed by atoms with Crippen LogP contribution in [0.25, 0.3) is 0 Å². The summed E-state index contributed by atoms with van der Waals surface area (Å²) in [6, 6.07) is 3.03. The fourth-order valence-electron chi connectivity index (χ4n) is 2.58. The highest BCUT2D eigenvalue weighted by atomic mass is 19.1. The number of benzene rings is 1. The molecular formula is C14H19F2NO. The molecule has 4 heteroatoms. The van der Waals surface area contributed by atoms with Crippen molar-refractivity contribution in [3.63, 3.8) is 0 Å². The number of piperidine rings is 1. The molecule has 1 aliphatic rings. The van der Waals surface area contributed by atoms with Crippen LogP contribution in [0.1, 0.15) is 32.3 Å². The van der Waals surface area contributed by atoms with Gasteiger partial charge in [-0.05, 0) is 49.9 Å². The van der Waals surface area contributed by atoms with Gasteiger partial charge in [-0.15, -0.1) is 0 Å². The fraction of sp³-hybridized carbons (Fsp3) is 0.571. The Labute approximate surface area is 106 Å². The Bertz CT molecular complexity index is 414. The van der Waals surface area contributed by atoms with Gasteiger partial charge in [0.2, 0.25) is 0 Å². The van der Waals surface area contributed by atoms with Crippen LogP contribution >= 0.6 is 0 Å². The summed E-state index contributed by atoms with van der Waals surface area (Å²) in [6.45, 7) is 4.55. The van der Waals surface area contributed by atoms with Crippen molar-refractivity contribution in [3.8, 4) is 0 Å². The molecule has 3 atom stereocenters. The van der Waals surface area contributed by atoms with Crippen molar-refractivity contribution in [1.82, 2.24) is 5.32 Å². The summed E-state index contributed by atoms with van der Waals surface area (Å²) in [5.41, 5.74) is -0.982. The lowest BCUT2D eigenvalue weighted by Gasteiger charge is -2.39. The Morgan fingerprint density at radius 2 is 1.89 bits per heavy atom. The van der Waals surface area contributed by atoms with Gasteiger partial charge in [-0.25, -0.2) is 8.78 Å². The molecule has 0 amide bonds. The normalized spacial score (nSPS) is 27.8. The molecule has 18 heavy (non-hydrogen) atoms. The maximum absolute atomic E-state index is 13.2. The Balaban J connectivity index is 2.28. The van der Waals surface area contributed by atoms with E-state index in [1.807, 2.05) is 0 Å². The van der Waals surface area contributed by atoms with Crippen LogP contribution in [0.3, 0.4) is 0 Å². The number of hydrogen-bond donors (Lipinski definition) is 2. The number of rotatable bonds is 2. The average Bonchev–Trinajstić information content (AvgIpc) is 2.27. The van der Waals surface area contributed by atoms with Crippen LogP contribution in [0.2, 0.25) is 0 Å². The fourth-order valence-corrected chi connectivity index (χ4v) is 2.58. The Morgan fingerprint density at radius 1 is 1.28 bits per heavy atom. The second-order valence-corrected chi connectivity index (χ2v) is 5.44. The molecule has 2 nitrogen and oxygen atoms in total. The quantitative estimate of drug-likeness (QED) is 0.851. The Hall–Kier alpha value is -1.00. The van der Waals surface area contributed by atoms with Crippen LogP contribution in [0.5, 0.6) is 0 Å². The zero-order valence-electron chi connectivity index (χ0n) is 10.7. The van der Waals surface area contributed by atoms with E-state index in [4.69, 9.17) is 0 Å². The monoisotopic (exact) mass is 255 g/mol. The first-order chi connectivity index (χ1) is 8.39. The predicted octanol–water partition coefficient (Wildman–Crippen LogP) is 2.56. The Kier molecular flexibility index (Phi) is 3.69. The molecule has 1 aliphatic heterocycles. The topological polar surface area (TPSA) is 32.3 Å². The molecular weight excluding hydrogens is 236 g/mol. The van der Waals surface area contributed by atoms with Crippen LogP contribution < -0.4 is 5.32 Å². The number of nitrogens with one attached hydrogen (secondary N) is 1. The summed E-state index contributed by atoms with van der Waals surface area (Å²) in [6.07, 6.45) is 1.86. The van der Waals surface area contributed by atoms with Crippen LogP contribution in [0, 0.1) is 17.6 Å². The van der Waals surface area contributed by atoms with Gasteiger partial charge in [0.1, 0.15) is 17.2 Å². The molecule has 3 unspecified atom stereocenters. The van der Waals surface area contributed by atoms with Crippen molar-refractivity contribution in [2.75, 3.05) is 6.54 Å². The lowest BCUT2D eigenvalue weighted by molar-refractivity contribution is -0.00189. The molecule has 0 radical (unpaired) electrons. The summed E-state index contributed by atoms with van der Waals surface area (Å²) in [5, 5.41) is 13.8. The van der Waals surface area contributed by atoms with E-state index < -0.39 is 17.2 Å². The molecule has 2 N–H and O–H groups in total. The van der Waals surface area contributed by atoms with E-state index in [2.05, 4.69) is 12.2 Å². The molecule has 0 spiro atoms. The summed E-state index contributed by atoms with van der Waals surface area (Å²) in [5.74, 6) is -0.815. The molecule has 2 rings (SSSR count). The van der Waals surface area contributed by atoms with E-state index in [9.17, 15) is 13.9 Å². The van der Waals surface area contributed by atoms with E-state index in [1.54, 1.807) is 6.92 Å². The molecule has 0 aromatic heterocycles. The Morgan fingerprint density at radius 3 is 2.44 bits per heavy atom. The van der Waals surface area contributed by atoms with Gasteiger partial charge in [-0.2, -0.15) is 0 Å². The highest BCUT2D eigenvalue weighted by molar-refractivity contribution is 5.25. The van der Waals surface area contributed by atoms with Crippen molar-refractivity contribution in [2.24, 2.45) is 5.92 Å². The third-order valence-electron chi connectivity index (χ3n) is 3.79. The first-order valence-corrected chi connectivity index (χ1v) is 6.32. The van der Waals surface area contributed by atoms with Crippen LogP contribution in [-0.2, 0) is 5.60 Å². The number of halogens is 2. The molecule has 0 aliphatic carbocycles. The first kappa shape index (κ1) is 13.4. The predicted molar refractivity (Wildman–Crippen MR) is 66.1 cm³/mol. The van der Waals surface area contributed by atoms with Crippen molar-refractivity contribution in [2.45, 2.75) is 38.3 Å². The molecule has 0 saturated carbocycles. The van der Waals surface area contributed by atoms with E-state index in [0.29, 0.717) is 5.92 Å². The maximum atomic E-state index is 13.2. The lowest BCUT2D eigenvalue weighted by atomic mass is 9.80. The lowest BCUT2D eigenvalue weighted by Crippen LogP contribution is -2.50. The van der Waals surface area contributed by atoms with E-state index in [1.165, 1.54) is 12.1 Å². The van der Waals surface area contributed by atoms with Gasteiger partial charge in [0.05, 0.1) is 0 Å². The number of hydrogen-bond acceptors (Lipinski definition) is 2. The third kappa shape index (κ3) is 2.70. The van der Waals surface area contributed by atoms with Crippen LogP contribution in [0.15, 0.2) is 18.2 Å². The van der Waals surface area contributed by atoms with Gasteiger partial charge in [0.25, 0.3) is 0 Å². The van der Waals surface area contributed by atoms with Gasteiger partial charge in [-0.3, -0.25) is 0 Å². The molecule has 1 heterocycles. The van der Waals surface area contributed by atoms with Crippen molar-refractivity contribution in [1.29, 1.82) is 0 Å². The van der Waals surface area contributed by atoms with Gasteiger partial charge >= 0.3 is 0 Å². The minimum absolute atomic E-state index is 0.178. The summed E-state index contributed by atoms with van der Waals surface area (Å²) < 4.78 is 26.5. The van der Waals surface area contributed by atoms with Crippen molar-refractivity contribution < 1.29 is 13.9 Å². The summed E-state index contributed by atoms with van der Waals surface area (Å²) in [7, 11) is 0. The summed E-state index contributed by atoms with van der Waals surface area (Å²) in [4.78, 5) is 0. The van der Waals surface area contributed by atoms with E-state index in [0.717, 1.165) is 25.5 Å². The number of aliphatic hydroxyl groups is 1. The molecule has 0 bridgehead atoms. The zero-order valence-corrected chi connectivity index (χ0v) is 10.7. The second kappa shape index (κ2) is 4.94. The molecule has 1 aromatic rings. The van der Waals surface area contributed by atoms with E-state index >= 15 is 0 Å². The highest BCUT2D eigenvalue weighted by Gasteiger charge is 2.36. The minimum atomic E-state index is -1.27. The highest BCUT2D eigenvalue weighted by Crippen LogP contribution is 2.31. The van der Waals surface area contributed by atoms with Crippen LogP contribution in [-0.4, -0.2) is 17.7 Å². The van der Waals surface area contributed by atoms with Crippen molar-refractivity contribution >= 4 is 0 Å². The van der Waals surface area contributed by atoms with Crippen LogP contribution in [0.4, 0.5) is 8.78 Å². The van der Waals surface area contributed by atoms with E-state index in [-0.39, 0.29) is 11.6 Å². The maximum Gasteiger partial charge on any atom is 0.126 e. The SMILES string of the molecule is CC1CCNC(C(C)(O)c2cc(F)cc(F)c2)C1. The third-order valence-corrected chi connectivity index (χ3v) is 3.79. The van der Waals surface area contributed by atoms with Gasteiger partial charge in [0.15, 0.2) is 0 Å². The first-order valence-electron chi connectivity index (χ1n) is 6.32. The molecule has 1 fully saturated rings. The van der Waals surface area contributed by atoms with Gasteiger partial charge in [-0.1, -0.05) is 6.92 Å². The standard InChI is InChI=1S/C14H19F2NO/c1-9-3-4-17-13(5-9)14(2,18)10-6-11(15)8-12(16)7-10/h6-9,13,17-18H,3-5H2,1-2H3. The zero-order chi connectivity index (χ0) is 13.3. The van der Waals surface area contributed by atoms with Gasteiger partial charge in [0, 0.05) is 12.1 Å². The molecule has 1 saturated heterocycles. The summed E-state index contributed by atoms with van der Waals surface area (Å²) >= 11 is 0. The smallest absolute Gasteiger partial charge is 0.126 e. The second-order valence-electron chi connectivity index (χ2n) is 5.44. The van der Waals surface area contributed by atoms with Crippen molar-refractivity contribution in [3.05, 3.63) is 35.4 Å².